The molecule has 0 aliphatic heterocycles. The largest absolute Gasteiger partial charge is 0.494 e. The molecule has 20 heavy (non-hydrogen) atoms. The third kappa shape index (κ3) is 3.67. The molecule has 0 spiro atoms. The number of carbonyl (C=O) groups is 1. The van der Waals surface area contributed by atoms with Crippen LogP contribution in [0.2, 0.25) is 0 Å². The molecule has 110 valence electrons. The summed E-state index contributed by atoms with van der Waals surface area (Å²) in [5, 5.41) is 16.5. The highest BCUT2D eigenvalue weighted by Crippen LogP contribution is 2.29. The van der Waals surface area contributed by atoms with Gasteiger partial charge in [-0.25, -0.2) is 0 Å². The quantitative estimate of drug-likeness (QED) is 0.614. The number of nitrogens with one attached hydrogen (secondary N) is 2. The first-order valence-electron chi connectivity index (χ1n) is 6.20. The second-order valence-corrected chi connectivity index (χ2v) is 4.75. The molecule has 0 fully saturated rings. The smallest absolute Gasteiger partial charge is 0.273 e. The maximum atomic E-state index is 12.1. The maximum Gasteiger partial charge on any atom is 0.273 e. The Hall–Kier alpha value is -2.15. The van der Waals surface area contributed by atoms with Gasteiger partial charge in [0, 0.05) is 6.07 Å². The van der Waals surface area contributed by atoms with E-state index in [2.05, 4.69) is 10.6 Å². The highest BCUT2D eigenvalue weighted by Gasteiger charge is 2.27. The minimum absolute atomic E-state index is 0.0919. The van der Waals surface area contributed by atoms with Crippen molar-refractivity contribution in [3.63, 3.8) is 0 Å². The molecular formula is C13H19N3O4. The second kappa shape index (κ2) is 6.33. The number of anilines is 1. The summed E-state index contributed by atoms with van der Waals surface area (Å²) >= 11 is 0. The third-order valence-corrected chi connectivity index (χ3v) is 2.83. The van der Waals surface area contributed by atoms with E-state index in [0.717, 1.165) is 0 Å². The number of non-ortho nitro benzene ring substituents is 1. The van der Waals surface area contributed by atoms with E-state index >= 15 is 0 Å². The van der Waals surface area contributed by atoms with Crippen LogP contribution in [-0.2, 0) is 4.79 Å². The van der Waals surface area contributed by atoms with Crippen molar-refractivity contribution in [2.45, 2.75) is 26.3 Å². The van der Waals surface area contributed by atoms with Crippen LogP contribution in [0.1, 0.15) is 20.8 Å². The molecule has 0 saturated heterocycles. The number of nitro groups is 1. The van der Waals surface area contributed by atoms with Gasteiger partial charge in [0.25, 0.3) is 5.69 Å². The Morgan fingerprint density at radius 1 is 1.45 bits per heavy atom. The average Bonchev–Trinajstić information content (AvgIpc) is 2.38. The molecule has 2 N–H and O–H groups in total. The van der Waals surface area contributed by atoms with Gasteiger partial charge in [-0.1, -0.05) is 6.92 Å². The number of amides is 1. The van der Waals surface area contributed by atoms with E-state index in [4.69, 9.17) is 4.74 Å². The first kappa shape index (κ1) is 15.9. The fourth-order valence-corrected chi connectivity index (χ4v) is 1.70. The molecule has 1 amide bonds. The zero-order valence-electron chi connectivity index (χ0n) is 12.0. The van der Waals surface area contributed by atoms with E-state index in [9.17, 15) is 14.9 Å². The van der Waals surface area contributed by atoms with Crippen molar-refractivity contribution in [1.29, 1.82) is 0 Å². The normalized spacial score (nSPS) is 11.0. The number of likely N-dealkylation sites (N-methyl/N-ethyl adjacent to an activating group) is 1. The lowest BCUT2D eigenvalue weighted by Crippen LogP contribution is -2.49. The van der Waals surface area contributed by atoms with Gasteiger partial charge >= 0.3 is 0 Å². The van der Waals surface area contributed by atoms with Crippen molar-refractivity contribution in [2.24, 2.45) is 0 Å². The van der Waals surface area contributed by atoms with Gasteiger partial charge in [-0.05, 0) is 26.5 Å². The van der Waals surface area contributed by atoms with Gasteiger partial charge < -0.3 is 15.4 Å². The molecule has 0 bridgehead atoms. The Morgan fingerprint density at radius 3 is 2.60 bits per heavy atom. The summed E-state index contributed by atoms with van der Waals surface area (Å²) in [5.41, 5.74) is -0.443. The predicted molar refractivity (Wildman–Crippen MR) is 76.0 cm³/mol. The van der Waals surface area contributed by atoms with Gasteiger partial charge in [0.2, 0.25) is 5.91 Å². The summed E-state index contributed by atoms with van der Waals surface area (Å²) in [7, 11) is 1.39. The number of ether oxygens (including phenoxy) is 1. The van der Waals surface area contributed by atoms with E-state index in [1.54, 1.807) is 13.8 Å². The summed E-state index contributed by atoms with van der Waals surface area (Å²) in [6, 6.07) is 4.05. The van der Waals surface area contributed by atoms with Gasteiger partial charge in [-0.3, -0.25) is 14.9 Å². The van der Waals surface area contributed by atoms with Crippen LogP contribution in [0.4, 0.5) is 11.4 Å². The Morgan fingerprint density at radius 2 is 2.10 bits per heavy atom. The van der Waals surface area contributed by atoms with Crippen molar-refractivity contribution in [3.8, 4) is 5.75 Å². The third-order valence-electron chi connectivity index (χ3n) is 2.83. The van der Waals surface area contributed by atoms with Gasteiger partial charge in [-0.15, -0.1) is 0 Å². The summed E-state index contributed by atoms with van der Waals surface area (Å²) in [6.45, 7) is 6.06. The number of hydrogen-bond acceptors (Lipinski definition) is 5. The number of methoxy groups -OCH3 is 1. The second-order valence-electron chi connectivity index (χ2n) is 4.75. The molecule has 0 heterocycles. The molecule has 7 nitrogen and oxygen atoms in total. The van der Waals surface area contributed by atoms with Crippen LogP contribution in [0.5, 0.6) is 5.75 Å². The Labute approximate surface area is 117 Å². The molecule has 0 saturated carbocycles. The zero-order chi connectivity index (χ0) is 15.3. The van der Waals surface area contributed by atoms with E-state index in [1.807, 2.05) is 6.92 Å². The fourth-order valence-electron chi connectivity index (χ4n) is 1.70. The predicted octanol–water partition coefficient (Wildman–Crippen LogP) is 1.93. The Bertz CT molecular complexity index is 514. The molecule has 7 heteroatoms. The first-order chi connectivity index (χ1) is 9.31. The first-order valence-corrected chi connectivity index (χ1v) is 6.20. The van der Waals surface area contributed by atoms with Gasteiger partial charge in [0.15, 0.2) is 0 Å². The fraction of sp³-hybridized carbons (Fsp3) is 0.462. The standard InChI is InChI=1S/C13H19N3O4/c1-5-14-13(2,3)12(17)15-10-7-6-9(16(18)19)8-11(10)20-4/h6-8,14H,5H2,1-4H3,(H,15,17). The Kier molecular flexibility index (Phi) is 5.04. The van der Waals surface area contributed by atoms with E-state index < -0.39 is 10.5 Å². The van der Waals surface area contributed by atoms with Crippen LogP contribution in [0.15, 0.2) is 18.2 Å². The average molecular weight is 281 g/mol. The highest BCUT2D eigenvalue weighted by molar-refractivity contribution is 5.98. The zero-order valence-corrected chi connectivity index (χ0v) is 12.0. The topological polar surface area (TPSA) is 93.5 Å². The molecule has 0 aromatic heterocycles. The van der Waals surface area contributed by atoms with E-state index in [-0.39, 0.29) is 17.3 Å². The van der Waals surface area contributed by atoms with Crippen LogP contribution in [0, 0.1) is 10.1 Å². The lowest BCUT2D eigenvalue weighted by molar-refractivity contribution is -0.384. The minimum atomic E-state index is -0.748. The maximum absolute atomic E-state index is 12.1. The number of hydrogen-bond donors (Lipinski definition) is 2. The summed E-state index contributed by atoms with van der Waals surface area (Å²) < 4.78 is 5.07. The molecular weight excluding hydrogens is 262 g/mol. The van der Waals surface area contributed by atoms with Crippen LogP contribution < -0.4 is 15.4 Å². The number of benzene rings is 1. The molecule has 0 aliphatic carbocycles. The Balaban J connectivity index is 2.98. The van der Waals surface area contributed by atoms with Gasteiger partial charge in [0.05, 0.1) is 29.3 Å². The molecule has 0 atom stereocenters. The molecule has 1 aromatic carbocycles. The van der Waals surface area contributed by atoms with Crippen LogP contribution >= 0.6 is 0 Å². The number of rotatable bonds is 6. The van der Waals surface area contributed by atoms with Gasteiger partial charge in [0.1, 0.15) is 5.75 Å². The molecule has 1 aromatic rings. The van der Waals surface area contributed by atoms with Crippen molar-refractivity contribution in [2.75, 3.05) is 19.0 Å². The lowest BCUT2D eigenvalue weighted by Gasteiger charge is -2.24. The van der Waals surface area contributed by atoms with Crippen LogP contribution in [0.25, 0.3) is 0 Å². The highest BCUT2D eigenvalue weighted by atomic mass is 16.6. The van der Waals surface area contributed by atoms with Crippen molar-refractivity contribution in [1.82, 2.24) is 5.32 Å². The number of nitrogens with zero attached hydrogens (tertiary/aromatic N) is 1. The molecule has 0 aliphatic rings. The molecule has 0 unspecified atom stereocenters. The molecule has 0 radical (unpaired) electrons. The SMILES string of the molecule is CCNC(C)(C)C(=O)Nc1ccc([N+](=O)[O-])cc1OC. The van der Waals surface area contributed by atoms with Crippen LogP contribution in [0.3, 0.4) is 0 Å². The summed E-state index contributed by atoms with van der Waals surface area (Å²) in [6.07, 6.45) is 0. The van der Waals surface area contributed by atoms with E-state index in [1.165, 1.54) is 25.3 Å². The van der Waals surface area contributed by atoms with E-state index in [0.29, 0.717) is 12.2 Å². The van der Waals surface area contributed by atoms with Gasteiger partial charge in [-0.2, -0.15) is 0 Å². The lowest BCUT2D eigenvalue weighted by atomic mass is 10.0. The van der Waals surface area contributed by atoms with Crippen molar-refractivity contribution in [3.05, 3.63) is 28.3 Å². The number of nitro benzene ring substituents is 1. The summed E-state index contributed by atoms with van der Waals surface area (Å²) in [5.74, 6) is 0.00588. The van der Waals surface area contributed by atoms with Crippen molar-refractivity contribution < 1.29 is 14.5 Å². The monoisotopic (exact) mass is 281 g/mol. The molecule has 1 rings (SSSR count). The van der Waals surface area contributed by atoms with Crippen molar-refractivity contribution >= 4 is 17.3 Å². The number of carbonyl (C=O) groups excluding carboxylic acids is 1. The van der Waals surface area contributed by atoms with Crippen LogP contribution in [-0.4, -0.2) is 30.0 Å². The minimum Gasteiger partial charge on any atom is -0.494 e. The summed E-state index contributed by atoms with van der Waals surface area (Å²) in [4.78, 5) is 22.3.